The fourth-order valence-corrected chi connectivity index (χ4v) is 13.2. The van der Waals surface area contributed by atoms with Gasteiger partial charge in [0.05, 0.1) is 30.9 Å². The number of carbonyl (C=O) groups excluding carboxylic acids is 6. The zero-order valence-electron chi connectivity index (χ0n) is 46.5. The molecule has 9 rings (SSSR count). The lowest BCUT2D eigenvalue weighted by Gasteiger charge is -2.22. The Balaban J connectivity index is 0.664. The van der Waals surface area contributed by atoms with Crippen molar-refractivity contribution in [2.75, 3.05) is 36.5 Å². The molecule has 6 heterocycles. The summed E-state index contributed by atoms with van der Waals surface area (Å²) in [5.41, 5.74) is 5.69. The third kappa shape index (κ3) is 15.5. The van der Waals surface area contributed by atoms with Crippen molar-refractivity contribution in [3.8, 4) is 34.2 Å². The van der Waals surface area contributed by atoms with Gasteiger partial charge in [-0.25, -0.2) is 40.6 Å². The zero-order chi connectivity index (χ0) is 62.9. The monoisotopic (exact) mass is 1270 g/mol. The van der Waals surface area contributed by atoms with Gasteiger partial charge in [-0.1, -0.05) is 51.9 Å². The number of ether oxygens (including phenoxy) is 3. The molecule has 0 spiro atoms. The first kappa shape index (κ1) is 63.4. The number of pyridine rings is 3. The number of aromatic nitrogens is 3. The summed E-state index contributed by atoms with van der Waals surface area (Å²) < 4.78 is 100. The van der Waals surface area contributed by atoms with E-state index in [2.05, 4.69) is 35.6 Å². The lowest BCUT2D eigenvalue weighted by molar-refractivity contribution is -0.141. The molecule has 88 heavy (non-hydrogen) atoms. The third-order valence-corrected chi connectivity index (χ3v) is 18.3. The van der Waals surface area contributed by atoms with Crippen LogP contribution in [0, 0.1) is 28.9 Å². The van der Waals surface area contributed by atoms with Gasteiger partial charge in [0.15, 0.2) is 0 Å². The summed E-state index contributed by atoms with van der Waals surface area (Å²) in [6.45, 7) is -0.805. The molecule has 2 saturated heterocycles. The minimum absolute atomic E-state index is 0.0553. The van der Waals surface area contributed by atoms with E-state index in [1.807, 2.05) is 12.1 Å². The molecule has 0 aliphatic carbocycles. The number of amides is 5. The largest absolute Gasteiger partial charge is 0.508 e. The zero-order valence-corrected chi connectivity index (χ0v) is 49.0. The molecule has 4 atom stereocenters. The molecule has 3 aromatic carbocycles. The highest BCUT2D eigenvalue weighted by Gasteiger charge is 2.50. The number of sulfonamides is 1. The quantitative estimate of drug-likeness (QED) is 0.0183. The molecular formula is C58H54F4N10O13S3. The molecule has 5 amide bonds. The molecule has 3 aromatic heterocycles. The van der Waals surface area contributed by atoms with Gasteiger partial charge in [0.25, 0.3) is 15.9 Å². The van der Waals surface area contributed by atoms with Gasteiger partial charge in [-0.15, -0.1) is 0 Å². The van der Waals surface area contributed by atoms with E-state index in [4.69, 9.17) is 14.2 Å². The number of hydrogen-bond acceptors (Lipinski definition) is 18. The van der Waals surface area contributed by atoms with Gasteiger partial charge in [0.1, 0.15) is 53.6 Å². The molecule has 0 saturated carbocycles. The van der Waals surface area contributed by atoms with Crippen LogP contribution in [0.2, 0.25) is 0 Å². The number of carbonyl (C=O) groups is 7. The van der Waals surface area contributed by atoms with Crippen LogP contribution in [0.25, 0.3) is 33.2 Å². The SMILES string of the molecule is COc1ncc(-c2ccc3nccc(-c4ccc(COC(=O)OCCSSCC(NC(=O)CCC(=O)NCc5cccc6c5CN(C(=O)CC5CC(C(=O)N7CC(F)(F)C[C@H]7C#N)NC5=O)C6)C(=O)O)nc4)c3c2)cc1NS(=O)(=O)c1ccc(F)cc1F. The van der Waals surface area contributed by atoms with Crippen molar-refractivity contribution in [3.05, 3.63) is 131 Å². The van der Waals surface area contributed by atoms with Gasteiger partial charge in [-0.3, -0.25) is 38.7 Å². The molecule has 5 N–H and O–H groups in total. The van der Waals surface area contributed by atoms with Crippen LogP contribution >= 0.6 is 21.6 Å². The number of carboxylic acid groups (broad SMARTS) is 1. The summed E-state index contributed by atoms with van der Waals surface area (Å²) in [4.78, 5) is 104. The molecule has 3 unspecified atom stereocenters. The Kier molecular flexibility index (Phi) is 20.0. The second-order valence-corrected chi connectivity index (χ2v) is 24.8. The number of benzene rings is 3. The number of anilines is 1. The number of carboxylic acids is 1. The number of hydrogen-bond donors (Lipinski definition) is 5. The number of aliphatic carboxylic acids is 1. The van der Waals surface area contributed by atoms with Crippen LogP contribution in [0.3, 0.4) is 0 Å². The van der Waals surface area contributed by atoms with Crippen LogP contribution in [0.4, 0.5) is 28.0 Å². The van der Waals surface area contributed by atoms with Crippen LogP contribution < -0.4 is 25.4 Å². The fraction of sp³-hybridized carbons (Fsp3) is 0.328. The van der Waals surface area contributed by atoms with Gasteiger partial charge in [0.2, 0.25) is 35.4 Å². The number of nitrogens with zero attached hydrogens (tertiary/aromatic N) is 6. The molecule has 2 fully saturated rings. The van der Waals surface area contributed by atoms with E-state index in [-0.39, 0.29) is 87.5 Å². The number of halogens is 4. The minimum Gasteiger partial charge on any atom is -0.480 e. The van der Waals surface area contributed by atoms with Crippen LogP contribution in [0.1, 0.15) is 54.5 Å². The molecule has 6 aromatic rings. The Morgan fingerprint density at radius 2 is 1.70 bits per heavy atom. The van der Waals surface area contributed by atoms with Crippen molar-refractivity contribution < 1.29 is 78.9 Å². The Morgan fingerprint density at radius 1 is 0.920 bits per heavy atom. The second kappa shape index (κ2) is 27.7. The number of rotatable bonds is 24. The van der Waals surface area contributed by atoms with Gasteiger partial charge in [0, 0.05) is 104 Å². The summed E-state index contributed by atoms with van der Waals surface area (Å²) in [5.74, 6) is -10.5. The van der Waals surface area contributed by atoms with Crippen LogP contribution in [0.15, 0.2) is 102 Å². The van der Waals surface area contributed by atoms with Crippen molar-refractivity contribution in [1.82, 2.24) is 40.7 Å². The first-order chi connectivity index (χ1) is 42.1. The number of likely N-dealkylation sites (tertiary alicyclic amines) is 1. The molecule has 0 radical (unpaired) electrons. The molecule has 30 heteroatoms. The van der Waals surface area contributed by atoms with E-state index in [0.717, 1.165) is 44.5 Å². The highest BCUT2D eigenvalue weighted by molar-refractivity contribution is 8.76. The van der Waals surface area contributed by atoms with Gasteiger partial charge in [-0.05, 0) is 76.7 Å². The van der Waals surface area contributed by atoms with Gasteiger partial charge in [-0.2, -0.15) is 5.26 Å². The first-order valence-electron chi connectivity index (χ1n) is 27.0. The highest BCUT2D eigenvalue weighted by atomic mass is 33.1. The summed E-state index contributed by atoms with van der Waals surface area (Å²) in [6, 6.07) is 17.4. The number of nitrogens with one attached hydrogen (secondary N) is 4. The van der Waals surface area contributed by atoms with Crippen molar-refractivity contribution in [2.24, 2.45) is 5.92 Å². The van der Waals surface area contributed by atoms with Crippen molar-refractivity contribution in [3.63, 3.8) is 0 Å². The predicted octanol–water partition coefficient (Wildman–Crippen LogP) is 6.64. The van der Waals surface area contributed by atoms with E-state index in [9.17, 15) is 69.9 Å². The Hall–Kier alpha value is -9.08. The summed E-state index contributed by atoms with van der Waals surface area (Å²) in [6.07, 6.45) is 1.99. The van der Waals surface area contributed by atoms with E-state index in [0.29, 0.717) is 44.9 Å². The average molecular weight is 1270 g/mol. The molecule has 460 valence electrons. The maximum Gasteiger partial charge on any atom is 0.508 e. The smallest absolute Gasteiger partial charge is 0.480 e. The Labute approximate surface area is 507 Å². The Morgan fingerprint density at radius 3 is 2.45 bits per heavy atom. The summed E-state index contributed by atoms with van der Waals surface area (Å²) >= 11 is 0. The minimum atomic E-state index is -4.53. The van der Waals surface area contributed by atoms with Gasteiger partial charge >= 0.3 is 12.1 Å². The number of methoxy groups -OCH3 is 1. The van der Waals surface area contributed by atoms with E-state index < -0.39 is 105 Å². The number of nitriles is 1. The topological polar surface area (TPSA) is 319 Å². The number of fused-ring (bicyclic) bond motifs is 2. The lowest BCUT2D eigenvalue weighted by Crippen LogP contribution is -2.46. The molecule has 3 aliphatic heterocycles. The second-order valence-electron chi connectivity index (χ2n) is 20.5. The molecule has 3 aliphatic rings. The average Bonchev–Trinajstić information content (AvgIpc) is 1.64. The van der Waals surface area contributed by atoms with Crippen molar-refractivity contribution in [1.29, 1.82) is 5.26 Å². The molecular weight excluding hydrogens is 1220 g/mol. The third-order valence-electron chi connectivity index (χ3n) is 14.5. The van der Waals surface area contributed by atoms with E-state index >= 15 is 0 Å². The normalized spacial score (nSPS) is 17.1. The fourth-order valence-electron chi connectivity index (χ4n) is 10.1. The molecule has 23 nitrogen and oxygen atoms in total. The maximum absolute atomic E-state index is 14.5. The Bertz CT molecular complexity index is 3870. The van der Waals surface area contributed by atoms with Gasteiger partial charge < -0.3 is 45.1 Å². The van der Waals surface area contributed by atoms with Crippen molar-refractivity contribution in [2.45, 2.75) is 87.3 Å². The lowest BCUT2D eigenvalue weighted by atomic mass is 9.98. The highest BCUT2D eigenvalue weighted by Crippen LogP contribution is 2.37. The predicted molar refractivity (Wildman–Crippen MR) is 310 cm³/mol. The van der Waals surface area contributed by atoms with Crippen molar-refractivity contribution >= 4 is 89.9 Å². The standard InChI is InChI=1S/C58H54F4N10O13S3/c1-83-54-46(70-88(81,82)49-10-7-38(59)21-44(49)60)19-37(26-67-54)32-6-9-45-42(17-32)41(13-14-64-45)34-5-8-39(65-24-34)29-85-57(80)84-15-16-86-87-30-48(56(78)79)68-51(74)12-11-50(73)66-25-33-3-2-4-35-27-71(28-43(33)35)52(75)20-36-18-47(69-53(36)76)55(77)72-31-58(61,62)22-40(72)23-63/h2-10,13-14,17,19,21,24,26,36,40,47-48,70H,11-12,15-16,18,20,22,25,27-31H2,1H3,(H,66,73)(H,68,74)(H,69,76)(H,78,79)/t36?,40-,47?,48?/m0/s1. The number of alkyl halides is 2. The van der Waals surface area contributed by atoms with Crippen LogP contribution in [-0.2, 0) is 74.5 Å². The maximum atomic E-state index is 14.5. The van der Waals surface area contributed by atoms with Crippen LogP contribution in [-0.4, -0.2) is 136 Å². The first-order valence-corrected chi connectivity index (χ1v) is 31.0. The van der Waals surface area contributed by atoms with E-state index in [1.54, 1.807) is 60.9 Å². The summed E-state index contributed by atoms with van der Waals surface area (Å²) in [7, 11) is -0.952. The van der Waals surface area contributed by atoms with E-state index in [1.165, 1.54) is 35.1 Å². The summed E-state index contributed by atoms with van der Waals surface area (Å²) in [5, 5.41) is 27.4. The van der Waals surface area contributed by atoms with Crippen LogP contribution in [0.5, 0.6) is 5.88 Å². The molecule has 0 bridgehead atoms.